The van der Waals surface area contributed by atoms with E-state index in [2.05, 4.69) is 6.92 Å². The van der Waals surface area contributed by atoms with Crippen LogP contribution < -0.4 is 0 Å². The zero-order valence-electron chi connectivity index (χ0n) is 19.3. The fourth-order valence-electron chi connectivity index (χ4n) is 3.51. The second kappa shape index (κ2) is 17.8. The van der Waals surface area contributed by atoms with Crippen LogP contribution in [0.3, 0.4) is 0 Å². The van der Waals surface area contributed by atoms with E-state index in [1.54, 1.807) is 6.08 Å². The number of rotatable bonds is 17. The van der Waals surface area contributed by atoms with Crippen molar-refractivity contribution in [2.24, 2.45) is 0 Å². The topological polar surface area (TPSA) is 50.1 Å². The summed E-state index contributed by atoms with van der Waals surface area (Å²) in [4.78, 5) is 12.1. The summed E-state index contributed by atoms with van der Waals surface area (Å²) >= 11 is 0. The number of ether oxygens (including phenoxy) is 1. The first-order valence-electron chi connectivity index (χ1n) is 12.0. The van der Waals surface area contributed by atoms with Crippen LogP contribution in [0.4, 0.5) is 0 Å². The minimum absolute atomic E-state index is 0.0595. The molecule has 0 bridgehead atoms. The van der Waals surface area contributed by atoms with Crippen LogP contribution in [0.25, 0.3) is 6.08 Å². The summed E-state index contributed by atoms with van der Waals surface area (Å²) in [5.41, 5.74) is 2.04. The highest BCUT2D eigenvalue weighted by Gasteiger charge is 2.10. The molecule has 0 unspecified atom stereocenters. The SMILES string of the molecule is CCCCCCCCCCCCCCCCOC(=O)/C(C#N)=C/c1ccc(C)cc1. The van der Waals surface area contributed by atoms with Gasteiger partial charge in [0.1, 0.15) is 11.6 Å². The third kappa shape index (κ3) is 13.2. The van der Waals surface area contributed by atoms with Gasteiger partial charge in [0.2, 0.25) is 0 Å². The summed E-state index contributed by atoms with van der Waals surface area (Å²) in [7, 11) is 0. The van der Waals surface area contributed by atoms with E-state index in [9.17, 15) is 10.1 Å². The van der Waals surface area contributed by atoms with Crippen LogP contribution in [-0.4, -0.2) is 12.6 Å². The molecule has 0 saturated heterocycles. The molecule has 0 N–H and O–H groups in total. The van der Waals surface area contributed by atoms with E-state index >= 15 is 0 Å². The number of esters is 1. The number of unbranched alkanes of at least 4 members (excludes halogenated alkanes) is 13. The van der Waals surface area contributed by atoms with E-state index < -0.39 is 5.97 Å². The Bertz CT molecular complexity index is 640. The van der Waals surface area contributed by atoms with Gasteiger partial charge in [-0.1, -0.05) is 120 Å². The molecule has 3 heteroatoms. The smallest absolute Gasteiger partial charge is 0.348 e. The van der Waals surface area contributed by atoms with Crippen molar-refractivity contribution in [2.45, 2.75) is 104 Å². The molecule has 0 fully saturated rings. The van der Waals surface area contributed by atoms with Crippen molar-refractivity contribution in [3.8, 4) is 6.07 Å². The predicted molar refractivity (Wildman–Crippen MR) is 126 cm³/mol. The molecule has 0 atom stereocenters. The number of hydrogen-bond acceptors (Lipinski definition) is 3. The molecular formula is C27H41NO2. The predicted octanol–water partition coefficient (Wildman–Crippen LogP) is 7.93. The quantitative estimate of drug-likeness (QED) is 0.113. The van der Waals surface area contributed by atoms with Crippen molar-refractivity contribution in [2.75, 3.05) is 6.61 Å². The third-order valence-corrected chi connectivity index (χ3v) is 5.46. The molecule has 0 radical (unpaired) electrons. The fraction of sp³-hybridized carbons (Fsp3) is 0.630. The average Bonchev–Trinajstić information content (AvgIpc) is 2.75. The van der Waals surface area contributed by atoms with Crippen LogP contribution in [-0.2, 0) is 9.53 Å². The Kier molecular flexibility index (Phi) is 15.4. The highest BCUT2D eigenvalue weighted by atomic mass is 16.5. The summed E-state index contributed by atoms with van der Waals surface area (Å²) in [6.45, 7) is 4.66. The maximum atomic E-state index is 12.1. The first-order valence-corrected chi connectivity index (χ1v) is 12.0. The fourth-order valence-corrected chi connectivity index (χ4v) is 3.51. The molecule has 166 valence electrons. The molecule has 1 aromatic carbocycles. The van der Waals surface area contributed by atoms with Crippen molar-refractivity contribution < 1.29 is 9.53 Å². The van der Waals surface area contributed by atoms with Gasteiger partial charge in [-0.3, -0.25) is 0 Å². The molecule has 0 aliphatic heterocycles. The van der Waals surface area contributed by atoms with Crippen LogP contribution in [0, 0.1) is 18.3 Å². The van der Waals surface area contributed by atoms with E-state index in [1.165, 1.54) is 77.0 Å². The number of carbonyl (C=O) groups excluding carboxylic acids is 1. The molecule has 3 nitrogen and oxygen atoms in total. The van der Waals surface area contributed by atoms with E-state index in [4.69, 9.17) is 4.74 Å². The van der Waals surface area contributed by atoms with Crippen LogP contribution in [0.1, 0.15) is 108 Å². The molecule has 0 spiro atoms. The minimum Gasteiger partial charge on any atom is -0.462 e. The molecule has 1 aromatic rings. The summed E-state index contributed by atoms with van der Waals surface area (Å²) < 4.78 is 5.27. The first-order chi connectivity index (χ1) is 14.7. The third-order valence-electron chi connectivity index (χ3n) is 5.46. The van der Waals surface area contributed by atoms with Gasteiger partial charge in [-0.25, -0.2) is 4.79 Å². The van der Waals surface area contributed by atoms with Crippen LogP contribution in [0.15, 0.2) is 29.8 Å². The monoisotopic (exact) mass is 411 g/mol. The largest absolute Gasteiger partial charge is 0.462 e. The summed E-state index contributed by atoms with van der Waals surface area (Å²) in [6.07, 6.45) is 19.8. The Morgan fingerprint density at radius 1 is 0.833 bits per heavy atom. The number of nitriles is 1. The van der Waals surface area contributed by atoms with Crippen molar-refractivity contribution in [1.29, 1.82) is 5.26 Å². The van der Waals surface area contributed by atoms with Gasteiger partial charge in [-0.2, -0.15) is 5.26 Å². The zero-order valence-corrected chi connectivity index (χ0v) is 19.3. The van der Waals surface area contributed by atoms with E-state index in [0.717, 1.165) is 24.0 Å². The molecule has 0 saturated carbocycles. The number of benzene rings is 1. The lowest BCUT2D eigenvalue weighted by Gasteiger charge is -2.05. The van der Waals surface area contributed by atoms with Gasteiger partial charge in [-0.15, -0.1) is 0 Å². The van der Waals surface area contributed by atoms with E-state index in [-0.39, 0.29) is 5.57 Å². The van der Waals surface area contributed by atoms with Crippen LogP contribution in [0.2, 0.25) is 0 Å². The van der Waals surface area contributed by atoms with Gasteiger partial charge >= 0.3 is 5.97 Å². The second-order valence-corrected chi connectivity index (χ2v) is 8.31. The summed E-state index contributed by atoms with van der Waals surface area (Å²) in [5.74, 6) is -0.521. The second-order valence-electron chi connectivity index (χ2n) is 8.31. The van der Waals surface area contributed by atoms with E-state index in [0.29, 0.717) is 6.61 Å². The standard InChI is InChI=1S/C27H41NO2/c1-3-4-5-6-7-8-9-10-11-12-13-14-15-16-21-30-27(29)26(23-28)22-25-19-17-24(2)18-20-25/h17-20,22H,3-16,21H2,1-2H3/b26-22+. The molecule has 0 heterocycles. The van der Waals surface area contributed by atoms with E-state index in [1.807, 2.05) is 37.3 Å². The number of hydrogen-bond donors (Lipinski definition) is 0. The Balaban J connectivity index is 2.00. The highest BCUT2D eigenvalue weighted by Crippen LogP contribution is 2.13. The number of aryl methyl sites for hydroxylation is 1. The lowest BCUT2D eigenvalue weighted by molar-refractivity contribution is -0.138. The molecule has 0 aliphatic rings. The Morgan fingerprint density at radius 3 is 1.77 bits per heavy atom. The van der Waals surface area contributed by atoms with Crippen LogP contribution >= 0.6 is 0 Å². The minimum atomic E-state index is -0.521. The van der Waals surface area contributed by atoms with Crippen molar-refractivity contribution in [3.63, 3.8) is 0 Å². The van der Waals surface area contributed by atoms with Gasteiger partial charge in [0.05, 0.1) is 6.61 Å². The zero-order chi connectivity index (χ0) is 21.9. The lowest BCUT2D eigenvalue weighted by Crippen LogP contribution is -2.08. The molecule has 0 amide bonds. The molecular weight excluding hydrogens is 370 g/mol. The van der Waals surface area contributed by atoms with Crippen molar-refractivity contribution in [1.82, 2.24) is 0 Å². The van der Waals surface area contributed by atoms with Gasteiger partial charge in [-0.05, 0) is 25.0 Å². The molecule has 0 aromatic heterocycles. The summed E-state index contributed by atoms with van der Waals surface area (Å²) in [6, 6.07) is 9.66. The van der Waals surface area contributed by atoms with Gasteiger partial charge in [0.15, 0.2) is 0 Å². The Hall–Kier alpha value is -2.08. The normalized spacial score (nSPS) is 11.3. The lowest BCUT2D eigenvalue weighted by atomic mass is 10.0. The molecule has 1 rings (SSSR count). The summed E-state index contributed by atoms with van der Waals surface area (Å²) in [5, 5.41) is 9.22. The van der Waals surface area contributed by atoms with Crippen molar-refractivity contribution in [3.05, 3.63) is 41.0 Å². The van der Waals surface area contributed by atoms with Gasteiger partial charge in [0.25, 0.3) is 0 Å². The molecule has 0 aliphatic carbocycles. The van der Waals surface area contributed by atoms with Crippen LogP contribution in [0.5, 0.6) is 0 Å². The first kappa shape index (κ1) is 26.0. The molecule has 30 heavy (non-hydrogen) atoms. The Labute approximate surface area is 184 Å². The highest BCUT2D eigenvalue weighted by molar-refractivity contribution is 5.97. The maximum absolute atomic E-state index is 12.1. The number of nitrogens with zero attached hydrogens (tertiary/aromatic N) is 1. The average molecular weight is 412 g/mol. The van der Waals surface area contributed by atoms with Gasteiger partial charge in [0, 0.05) is 0 Å². The Morgan fingerprint density at radius 2 is 1.30 bits per heavy atom. The number of carbonyl (C=O) groups is 1. The van der Waals surface area contributed by atoms with Crippen molar-refractivity contribution >= 4 is 12.0 Å². The maximum Gasteiger partial charge on any atom is 0.348 e. The van der Waals surface area contributed by atoms with Gasteiger partial charge < -0.3 is 4.74 Å².